The number of rotatable bonds is 12. The predicted molar refractivity (Wildman–Crippen MR) is 69.5 cm³/mol. The largest absolute Gasteiger partial charge is 0.380 e. The highest BCUT2D eigenvalue weighted by atomic mass is 19.4. The van der Waals surface area contributed by atoms with Crippen LogP contribution in [-0.2, 0) is 23.7 Å². The standard InChI is InChI=1S/C14H16F8O5/c15-11(16)13(19,20)14(21,22)12(17,18)5-27-10(8-4-25-8)9(7-3-24-7)26-2-6-1-23-6/h6-11H,1-5H2. The summed E-state index contributed by atoms with van der Waals surface area (Å²) in [6, 6.07) is 0. The van der Waals surface area contributed by atoms with Gasteiger partial charge in [-0.2, -0.15) is 26.3 Å². The van der Waals surface area contributed by atoms with Gasteiger partial charge in [0.15, 0.2) is 0 Å². The van der Waals surface area contributed by atoms with Gasteiger partial charge in [-0.25, -0.2) is 8.78 Å². The van der Waals surface area contributed by atoms with Gasteiger partial charge in [0.05, 0.1) is 26.4 Å². The Bertz CT molecular complexity index is 522. The maximum absolute atomic E-state index is 13.7. The Hall–Kier alpha value is -0.760. The molecule has 0 bridgehead atoms. The van der Waals surface area contributed by atoms with Crippen LogP contribution >= 0.6 is 0 Å². The molecule has 3 rings (SSSR count). The van der Waals surface area contributed by atoms with Crippen LogP contribution < -0.4 is 0 Å². The van der Waals surface area contributed by atoms with E-state index in [1.165, 1.54) is 0 Å². The van der Waals surface area contributed by atoms with Gasteiger partial charge in [-0.1, -0.05) is 0 Å². The van der Waals surface area contributed by atoms with Gasteiger partial charge in [-0.3, -0.25) is 0 Å². The third-order valence-electron chi connectivity index (χ3n) is 4.26. The summed E-state index contributed by atoms with van der Waals surface area (Å²) >= 11 is 0. The van der Waals surface area contributed by atoms with E-state index in [1.54, 1.807) is 0 Å². The predicted octanol–water partition coefficient (Wildman–Crippen LogP) is 2.12. The molecule has 0 spiro atoms. The normalized spacial score (nSPS) is 30.3. The van der Waals surface area contributed by atoms with E-state index in [9.17, 15) is 35.1 Å². The maximum Gasteiger partial charge on any atom is 0.380 e. The molecular formula is C14H16F8O5. The molecule has 5 unspecified atom stereocenters. The molecule has 0 amide bonds. The second kappa shape index (κ2) is 7.25. The van der Waals surface area contributed by atoms with Gasteiger partial charge in [0.2, 0.25) is 0 Å². The lowest BCUT2D eigenvalue weighted by Gasteiger charge is -2.33. The van der Waals surface area contributed by atoms with Gasteiger partial charge < -0.3 is 23.7 Å². The van der Waals surface area contributed by atoms with Crippen molar-refractivity contribution in [1.29, 1.82) is 0 Å². The number of epoxide rings is 3. The van der Waals surface area contributed by atoms with Crippen LogP contribution in [0.3, 0.4) is 0 Å². The molecule has 0 aromatic carbocycles. The van der Waals surface area contributed by atoms with Crippen LogP contribution in [-0.4, -0.2) is 87.7 Å². The number of alkyl halides is 8. The Balaban J connectivity index is 1.65. The first-order valence-corrected chi connectivity index (χ1v) is 7.97. The molecule has 3 aliphatic heterocycles. The zero-order valence-electron chi connectivity index (χ0n) is 13.6. The van der Waals surface area contributed by atoms with Crippen molar-refractivity contribution < 1.29 is 58.8 Å². The van der Waals surface area contributed by atoms with Gasteiger partial charge in [0.25, 0.3) is 0 Å². The zero-order valence-corrected chi connectivity index (χ0v) is 13.6. The quantitative estimate of drug-likeness (QED) is 0.361. The number of hydrogen-bond acceptors (Lipinski definition) is 5. The SMILES string of the molecule is FC(F)C(F)(F)C(F)(F)C(F)(F)COC(C1CO1)C(OCC1CO1)C1CO1. The van der Waals surface area contributed by atoms with E-state index in [0.29, 0.717) is 6.61 Å². The second-order valence-corrected chi connectivity index (χ2v) is 6.47. The van der Waals surface area contributed by atoms with E-state index in [4.69, 9.17) is 23.7 Å². The minimum atomic E-state index is -6.32. The molecule has 0 aliphatic carbocycles. The molecule has 0 radical (unpaired) electrons. The van der Waals surface area contributed by atoms with Crippen molar-refractivity contribution in [1.82, 2.24) is 0 Å². The zero-order chi connectivity index (χ0) is 20.0. The highest BCUT2D eigenvalue weighted by Crippen LogP contribution is 2.49. The van der Waals surface area contributed by atoms with E-state index in [2.05, 4.69) is 0 Å². The van der Waals surface area contributed by atoms with Crippen molar-refractivity contribution >= 4 is 0 Å². The van der Waals surface area contributed by atoms with Gasteiger partial charge in [-0.15, -0.1) is 0 Å². The Morgan fingerprint density at radius 3 is 1.70 bits per heavy atom. The van der Waals surface area contributed by atoms with Crippen molar-refractivity contribution in [3.05, 3.63) is 0 Å². The Labute approximate surface area is 147 Å². The minimum Gasteiger partial charge on any atom is -0.371 e. The van der Waals surface area contributed by atoms with Gasteiger partial charge in [-0.05, 0) is 0 Å². The Morgan fingerprint density at radius 2 is 1.30 bits per heavy atom. The topological polar surface area (TPSA) is 56.0 Å². The molecule has 13 heteroatoms. The van der Waals surface area contributed by atoms with Crippen molar-refractivity contribution in [3.63, 3.8) is 0 Å². The number of hydrogen-bond donors (Lipinski definition) is 0. The highest BCUT2D eigenvalue weighted by molar-refractivity contribution is 5.00. The van der Waals surface area contributed by atoms with Crippen LogP contribution in [0.4, 0.5) is 35.1 Å². The van der Waals surface area contributed by atoms with Crippen molar-refractivity contribution in [2.45, 2.75) is 54.7 Å². The summed E-state index contributed by atoms with van der Waals surface area (Å²) in [5.74, 6) is -18.1. The van der Waals surface area contributed by atoms with Crippen molar-refractivity contribution in [2.24, 2.45) is 0 Å². The molecule has 0 N–H and O–H groups in total. The van der Waals surface area contributed by atoms with Crippen LogP contribution in [0.1, 0.15) is 0 Å². The van der Waals surface area contributed by atoms with Gasteiger partial charge in [0, 0.05) is 0 Å². The minimum absolute atomic E-state index is 0.0479. The molecule has 158 valence electrons. The molecular weight excluding hydrogens is 400 g/mol. The molecule has 3 heterocycles. The molecule has 0 saturated carbocycles. The fraction of sp³-hybridized carbons (Fsp3) is 1.00. The van der Waals surface area contributed by atoms with Crippen LogP contribution in [0.5, 0.6) is 0 Å². The molecule has 5 atom stereocenters. The average Bonchev–Trinajstić information content (AvgIpc) is 3.44. The summed E-state index contributed by atoms with van der Waals surface area (Å²) in [7, 11) is 0. The maximum atomic E-state index is 13.7. The van der Waals surface area contributed by atoms with E-state index >= 15 is 0 Å². The lowest BCUT2D eigenvalue weighted by Crippen LogP contribution is -2.60. The number of ether oxygens (including phenoxy) is 5. The van der Waals surface area contributed by atoms with E-state index in [-0.39, 0.29) is 25.9 Å². The van der Waals surface area contributed by atoms with Crippen molar-refractivity contribution in [3.8, 4) is 0 Å². The molecule has 0 aromatic rings. The monoisotopic (exact) mass is 416 g/mol. The first kappa shape index (κ1) is 21.0. The van der Waals surface area contributed by atoms with E-state index in [1.807, 2.05) is 0 Å². The fourth-order valence-electron chi connectivity index (χ4n) is 2.37. The molecule has 27 heavy (non-hydrogen) atoms. The van der Waals surface area contributed by atoms with Crippen LogP contribution in [0.15, 0.2) is 0 Å². The molecule has 3 saturated heterocycles. The molecule has 3 fully saturated rings. The first-order chi connectivity index (χ1) is 12.5. The number of halogens is 8. The summed E-state index contributed by atoms with van der Waals surface area (Å²) < 4.78 is 129. The van der Waals surface area contributed by atoms with Gasteiger partial charge >= 0.3 is 24.2 Å². The Morgan fingerprint density at radius 1 is 0.815 bits per heavy atom. The molecule has 0 aromatic heterocycles. The fourth-order valence-corrected chi connectivity index (χ4v) is 2.37. The van der Waals surface area contributed by atoms with Gasteiger partial charge in [0.1, 0.15) is 37.1 Å². The van der Waals surface area contributed by atoms with Crippen molar-refractivity contribution in [2.75, 3.05) is 33.0 Å². The lowest BCUT2D eigenvalue weighted by molar-refractivity contribution is -0.348. The van der Waals surface area contributed by atoms with E-state index < -0.39 is 55.2 Å². The smallest absolute Gasteiger partial charge is 0.371 e. The summed E-state index contributed by atoms with van der Waals surface area (Å²) in [5.41, 5.74) is 0. The molecule has 5 nitrogen and oxygen atoms in total. The second-order valence-electron chi connectivity index (χ2n) is 6.47. The van der Waals surface area contributed by atoms with Crippen LogP contribution in [0.2, 0.25) is 0 Å². The third-order valence-corrected chi connectivity index (χ3v) is 4.26. The highest BCUT2D eigenvalue weighted by Gasteiger charge is 2.75. The summed E-state index contributed by atoms with van der Waals surface area (Å²) in [5, 5.41) is 0. The lowest BCUT2D eigenvalue weighted by atomic mass is 10.0. The van der Waals surface area contributed by atoms with E-state index in [0.717, 1.165) is 0 Å². The summed E-state index contributed by atoms with van der Waals surface area (Å²) in [6.07, 6.45) is -8.85. The summed E-state index contributed by atoms with van der Waals surface area (Å²) in [6.45, 7) is -1.49. The Kier molecular flexibility index (Phi) is 5.63. The third kappa shape index (κ3) is 4.47. The first-order valence-electron chi connectivity index (χ1n) is 7.97. The molecule has 3 aliphatic rings. The van der Waals surface area contributed by atoms with Crippen LogP contribution in [0, 0.1) is 0 Å². The summed E-state index contributed by atoms with van der Waals surface area (Å²) in [4.78, 5) is 0. The average molecular weight is 416 g/mol. The van der Waals surface area contributed by atoms with Crippen LogP contribution in [0.25, 0.3) is 0 Å².